The SMILES string of the molecule is CCCCCCCOc1cccc(OCC(=O)N2CCN(CC)CC2)c1. The van der Waals surface area contributed by atoms with Gasteiger partial charge in [-0.3, -0.25) is 4.79 Å². The topological polar surface area (TPSA) is 42.0 Å². The van der Waals surface area contributed by atoms with Gasteiger partial charge in [0.25, 0.3) is 5.91 Å². The first-order chi connectivity index (χ1) is 12.7. The lowest BCUT2D eigenvalue weighted by Crippen LogP contribution is -2.49. The molecule has 1 fully saturated rings. The average Bonchev–Trinajstić information content (AvgIpc) is 2.69. The van der Waals surface area contributed by atoms with E-state index in [1.54, 1.807) is 0 Å². The molecular formula is C21H34N2O3. The van der Waals surface area contributed by atoms with Gasteiger partial charge in [-0.1, -0.05) is 45.6 Å². The molecule has 1 aliphatic rings. The van der Waals surface area contributed by atoms with Crippen LogP contribution in [-0.4, -0.2) is 61.6 Å². The number of carbonyl (C=O) groups is 1. The Balaban J connectivity index is 1.68. The summed E-state index contributed by atoms with van der Waals surface area (Å²) in [6.45, 7) is 9.71. The summed E-state index contributed by atoms with van der Waals surface area (Å²) in [7, 11) is 0. The lowest BCUT2D eigenvalue weighted by atomic mass is 10.2. The van der Waals surface area contributed by atoms with Crippen LogP contribution >= 0.6 is 0 Å². The Labute approximate surface area is 158 Å². The van der Waals surface area contributed by atoms with Gasteiger partial charge in [-0.05, 0) is 25.1 Å². The van der Waals surface area contributed by atoms with E-state index in [0.717, 1.165) is 51.5 Å². The summed E-state index contributed by atoms with van der Waals surface area (Å²) in [5.41, 5.74) is 0. The van der Waals surface area contributed by atoms with Gasteiger partial charge in [0.1, 0.15) is 11.5 Å². The van der Waals surface area contributed by atoms with Gasteiger partial charge in [-0.2, -0.15) is 0 Å². The minimum Gasteiger partial charge on any atom is -0.493 e. The molecule has 1 amide bonds. The third-order valence-corrected chi connectivity index (χ3v) is 4.86. The zero-order valence-corrected chi connectivity index (χ0v) is 16.4. The van der Waals surface area contributed by atoms with Crippen molar-refractivity contribution in [2.24, 2.45) is 0 Å². The fraction of sp³-hybridized carbons (Fsp3) is 0.667. The molecule has 5 nitrogen and oxygen atoms in total. The first-order valence-corrected chi connectivity index (χ1v) is 10.1. The lowest BCUT2D eigenvalue weighted by molar-refractivity contribution is -0.135. The number of carbonyl (C=O) groups excluding carboxylic acids is 1. The lowest BCUT2D eigenvalue weighted by Gasteiger charge is -2.33. The van der Waals surface area contributed by atoms with Gasteiger partial charge >= 0.3 is 0 Å². The third-order valence-electron chi connectivity index (χ3n) is 4.86. The van der Waals surface area contributed by atoms with Gasteiger partial charge in [-0.15, -0.1) is 0 Å². The molecule has 1 aliphatic heterocycles. The van der Waals surface area contributed by atoms with Crippen molar-refractivity contribution in [2.45, 2.75) is 46.0 Å². The second-order valence-electron chi connectivity index (χ2n) is 6.84. The van der Waals surface area contributed by atoms with Crippen molar-refractivity contribution in [1.29, 1.82) is 0 Å². The molecule has 1 heterocycles. The number of hydrogen-bond acceptors (Lipinski definition) is 4. The number of ether oxygens (including phenoxy) is 2. The maximum atomic E-state index is 12.3. The average molecular weight is 363 g/mol. The summed E-state index contributed by atoms with van der Waals surface area (Å²) in [4.78, 5) is 16.5. The van der Waals surface area contributed by atoms with Gasteiger partial charge in [0.05, 0.1) is 6.61 Å². The molecule has 0 unspecified atom stereocenters. The highest BCUT2D eigenvalue weighted by atomic mass is 16.5. The number of unbranched alkanes of at least 4 members (excludes halogenated alkanes) is 4. The Morgan fingerprint density at radius 3 is 2.35 bits per heavy atom. The normalized spacial score (nSPS) is 15.1. The minimum atomic E-state index is 0.0583. The van der Waals surface area contributed by atoms with Crippen LogP contribution in [0.25, 0.3) is 0 Å². The Morgan fingerprint density at radius 1 is 0.962 bits per heavy atom. The number of benzene rings is 1. The molecule has 1 aromatic rings. The van der Waals surface area contributed by atoms with Crippen molar-refractivity contribution in [2.75, 3.05) is 45.9 Å². The molecule has 146 valence electrons. The predicted molar refractivity (Wildman–Crippen MR) is 105 cm³/mol. The summed E-state index contributed by atoms with van der Waals surface area (Å²) < 4.78 is 11.5. The zero-order valence-electron chi connectivity index (χ0n) is 16.4. The van der Waals surface area contributed by atoms with Crippen molar-refractivity contribution in [3.8, 4) is 11.5 Å². The van der Waals surface area contributed by atoms with Gasteiger partial charge in [-0.25, -0.2) is 0 Å². The van der Waals surface area contributed by atoms with Gasteiger partial charge < -0.3 is 19.3 Å². The Hall–Kier alpha value is -1.75. The smallest absolute Gasteiger partial charge is 0.260 e. The molecule has 1 aromatic carbocycles. The van der Waals surface area contributed by atoms with E-state index in [4.69, 9.17) is 9.47 Å². The number of likely N-dealkylation sites (N-methyl/N-ethyl adjacent to an activating group) is 1. The van der Waals surface area contributed by atoms with Gasteiger partial charge in [0, 0.05) is 32.2 Å². The molecule has 0 aliphatic carbocycles. The van der Waals surface area contributed by atoms with E-state index in [9.17, 15) is 4.79 Å². The van der Waals surface area contributed by atoms with E-state index in [1.807, 2.05) is 29.2 Å². The highest BCUT2D eigenvalue weighted by Crippen LogP contribution is 2.20. The maximum absolute atomic E-state index is 12.3. The number of rotatable bonds is 11. The monoisotopic (exact) mass is 362 g/mol. The van der Waals surface area contributed by atoms with Crippen LogP contribution in [0.2, 0.25) is 0 Å². The van der Waals surface area contributed by atoms with Crippen molar-refractivity contribution >= 4 is 5.91 Å². The van der Waals surface area contributed by atoms with E-state index in [2.05, 4.69) is 18.7 Å². The van der Waals surface area contributed by atoms with E-state index >= 15 is 0 Å². The summed E-state index contributed by atoms with van der Waals surface area (Å²) in [6, 6.07) is 7.59. The number of piperazine rings is 1. The highest BCUT2D eigenvalue weighted by molar-refractivity contribution is 5.77. The van der Waals surface area contributed by atoms with Crippen LogP contribution in [-0.2, 0) is 4.79 Å². The van der Waals surface area contributed by atoms with E-state index in [0.29, 0.717) is 5.75 Å². The van der Waals surface area contributed by atoms with Crippen LogP contribution in [0.15, 0.2) is 24.3 Å². The van der Waals surface area contributed by atoms with Crippen molar-refractivity contribution in [3.63, 3.8) is 0 Å². The summed E-state index contributed by atoms with van der Waals surface area (Å²) in [5.74, 6) is 1.55. The summed E-state index contributed by atoms with van der Waals surface area (Å²) in [5, 5.41) is 0. The molecule has 0 aromatic heterocycles. The minimum absolute atomic E-state index is 0.0583. The second kappa shape index (κ2) is 11.8. The molecule has 5 heteroatoms. The second-order valence-corrected chi connectivity index (χ2v) is 6.84. The van der Waals surface area contributed by atoms with Crippen LogP contribution in [0.3, 0.4) is 0 Å². The molecule has 2 rings (SSSR count). The predicted octanol–water partition coefficient (Wildman–Crippen LogP) is 3.58. The number of hydrogen-bond donors (Lipinski definition) is 0. The quantitative estimate of drug-likeness (QED) is 0.564. The van der Waals surface area contributed by atoms with Gasteiger partial charge in [0.15, 0.2) is 6.61 Å². The molecule has 0 bridgehead atoms. The fourth-order valence-electron chi connectivity index (χ4n) is 3.10. The highest BCUT2D eigenvalue weighted by Gasteiger charge is 2.20. The molecule has 0 radical (unpaired) electrons. The summed E-state index contributed by atoms with van der Waals surface area (Å²) >= 11 is 0. The molecule has 0 saturated carbocycles. The van der Waals surface area contributed by atoms with E-state index < -0.39 is 0 Å². The standard InChI is InChI=1S/C21H34N2O3/c1-3-5-6-7-8-16-25-19-10-9-11-20(17-19)26-18-21(24)23-14-12-22(4-2)13-15-23/h9-11,17H,3-8,12-16,18H2,1-2H3. The third kappa shape index (κ3) is 7.24. The Morgan fingerprint density at radius 2 is 1.65 bits per heavy atom. The Bertz CT molecular complexity index is 528. The largest absolute Gasteiger partial charge is 0.493 e. The molecule has 26 heavy (non-hydrogen) atoms. The Kier molecular flexibility index (Phi) is 9.32. The van der Waals surface area contributed by atoms with E-state index in [1.165, 1.54) is 25.7 Å². The molecule has 0 spiro atoms. The van der Waals surface area contributed by atoms with Crippen molar-refractivity contribution < 1.29 is 14.3 Å². The van der Waals surface area contributed by atoms with E-state index in [-0.39, 0.29) is 12.5 Å². The summed E-state index contributed by atoms with van der Waals surface area (Å²) in [6.07, 6.45) is 6.12. The van der Waals surface area contributed by atoms with Crippen LogP contribution in [0.4, 0.5) is 0 Å². The molecule has 0 N–H and O–H groups in total. The molecular weight excluding hydrogens is 328 g/mol. The first-order valence-electron chi connectivity index (χ1n) is 10.1. The van der Waals surface area contributed by atoms with Crippen LogP contribution in [0, 0.1) is 0 Å². The maximum Gasteiger partial charge on any atom is 0.260 e. The van der Waals surface area contributed by atoms with Crippen molar-refractivity contribution in [1.82, 2.24) is 9.80 Å². The fourth-order valence-corrected chi connectivity index (χ4v) is 3.10. The number of amides is 1. The van der Waals surface area contributed by atoms with Crippen LogP contribution in [0.5, 0.6) is 11.5 Å². The first kappa shape index (κ1) is 20.6. The van der Waals surface area contributed by atoms with Crippen LogP contribution in [0.1, 0.15) is 46.0 Å². The van der Waals surface area contributed by atoms with Crippen LogP contribution < -0.4 is 9.47 Å². The van der Waals surface area contributed by atoms with Gasteiger partial charge in [0.2, 0.25) is 0 Å². The zero-order chi connectivity index (χ0) is 18.6. The van der Waals surface area contributed by atoms with Crippen molar-refractivity contribution in [3.05, 3.63) is 24.3 Å². The molecule has 0 atom stereocenters. The molecule has 1 saturated heterocycles. The number of nitrogens with zero attached hydrogens (tertiary/aromatic N) is 2.